The summed E-state index contributed by atoms with van der Waals surface area (Å²) in [5.74, 6) is 0.273. The van der Waals surface area contributed by atoms with Gasteiger partial charge in [0, 0.05) is 18.4 Å². The van der Waals surface area contributed by atoms with E-state index in [-0.39, 0.29) is 18.3 Å². The summed E-state index contributed by atoms with van der Waals surface area (Å²) in [5, 5.41) is 18.8. The van der Waals surface area contributed by atoms with Gasteiger partial charge in [-0.1, -0.05) is 83.1 Å². The number of hydrogen-bond acceptors (Lipinski definition) is 7. The molecule has 0 saturated carbocycles. The van der Waals surface area contributed by atoms with Crippen LogP contribution < -0.4 is 0 Å². The van der Waals surface area contributed by atoms with Crippen molar-refractivity contribution >= 4 is 11.6 Å². The number of rotatable bonds is 7. The average molecular weight is 483 g/mol. The van der Waals surface area contributed by atoms with E-state index in [1.54, 1.807) is 4.90 Å². The van der Waals surface area contributed by atoms with Gasteiger partial charge in [-0.3, -0.25) is 4.79 Å². The molecule has 1 fully saturated rings. The number of likely N-dealkylation sites (tertiary alicyclic amines) is 1. The Hall–Kier alpha value is -4.30. The average Bonchev–Trinajstić information content (AvgIpc) is 3.57. The number of oxime groups is 1. The molecule has 4 aromatic rings. The van der Waals surface area contributed by atoms with Crippen LogP contribution in [0.1, 0.15) is 46.2 Å². The van der Waals surface area contributed by atoms with E-state index in [0.717, 1.165) is 16.7 Å². The molecule has 2 heterocycles. The van der Waals surface area contributed by atoms with Gasteiger partial charge in [0.2, 0.25) is 0 Å². The minimum atomic E-state index is -0.947. The number of amides is 1. The van der Waals surface area contributed by atoms with Crippen LogP contribution in [0.15, 0.2) is 94.6 Å². The normalized spacial score (nSPS) is 17.3. The molecule has 0 bridgehead atoms. The minimum Gasteiger partial charge on any atom is -0.399 e. The molecule has 1 amide bonds. The third kappa shape index (κ3) is 5.04. The standard InChI is InChI=1S/C28H26N4O4/c1-35-30-23-17-24(26-29-27(36-31-26)25(33)16-19-8-4-2-5-9-19)32(18-23)28(34)22-14-12-21(13-15-22)20-10-6-3-7-11-20/h2-15,24-25,33H,16-18H2,1H3/b30-23-/t24-,25?/m0/s1. The number of aliphatic hydroxyl groups excluding tert-OH is 1. The van der Waals surface area contributed by atoms with Gasteiger partial charge in [0.1, 0.15) is 19.3 Å². The van der Waals surface area contributed by atoms with E-state index >= 15 is 0 Å². The Labute approximate surface area is 208 Å². The Bertz CT molecular complexity index is 1340. The fourth-order valence-corrected chi connectivity index (χ4v) is 4.39. The number of hydrogen-bond donors (Lipinski definition) is 1. The van der Waals surface area contributed by atoms with Gasteiger partial charge in [0.05, 0.1) is 12.3 Å². The van der Waals surface area contributed by atoms with Crippen molar-refractivity contribution in [2.75, 3.05) is 13.7 Å². The van der Waals surface area contributed by atoms with Crippen molar-refractivity contribution in [3.05, 3.63) is 108 Å². The zero-order valence-electron chi connectivity index (χ0n) is 19.8. The smallest absolute Gasteiger partial charge is 0.255 e. The number of nitrogens with zero attached hydrogens (tertiary/aromatic N) is 4. The molecule has 1 unspecified atom stereocenters. The summed E-state index contributed by atoms with van der Waals surface area (Å²) in [6.45, 7) is 0.286. The first-order chi connectivity index (χ1) is 17.6. The Kier molecular flexibility index (Phi) is 6.86. The Morgan fingerprint density at radius 1 is 1.06 bits per heavy atom. The molecule has 8 nitrogen and oxygen atoms in total. The predicted molar refractivity (Wildman–Crippen MR) is 134 cm³/mol. The van der Waals surface area contributed by atoms with E-state index in [4.69, 9.17) is 9.36 Å². The minimum absolute atomic E-state index is 0.116. The Morgan fingerprint density at radius 2 is 1.72 bits per heavy atom. The molecule has 5 rings (SSSR count). The molecule has 0 radical (unpaired) electrons. The SMILES string of the molecule is CO/N=C1/C[C@@H](c2noc(C(O)Cc3ccccc3)n2)N(C(=O)c2ccc(-c3ccccc3)cc2)C1. The van der Waals surface area contributed by atoms with Gasteiger partial charge in [0.15, 0.2) is 5.82 Å². The molecular formula is C28H26N4O4. The van der Waals surface area contributed by atoms with Crippen LogP contribution in [0.2, 0.25) is 0 Å². The number of aromatic nitrogens is 2. The lowest BCUT2D eigenvalue weighted by molar-refractivity contribution is 0.0732. The van der Waals surface area contributed by atoms with E-state index in [0.29, 0.717) is 29.9 Å². The summed E-state index contributed by atoms with van der Waals surface area (Å²) in [4.78, 5) is 24.6. The molecule has 0 aliphatic carbocycles. The molecule has 1 saturated heterocycles. The highest BCUT2D eigenvalue weighted by atomic mass is 16.6. The lowest BCUT2D eigenvalue weighted by Gasteiger charge is -2.21. The van der Waals surface area contributed by atoms with E-state index < -0.39 is 12.1 Å². The molecule has 1 aromatic heterocycles. The Balaban J connectivity index is 1.36. The second kappa shape index (κ2) is 10.5. The van der Waals surface area contributed by atoms with Crippen LogP contribution in [0.3, 0.4) is 0 Å². The third-order valence-corrected chi connectivity index (χ3v) is 6.19. The quantitative estimate of drug-likeness (QED) is 0.386. The molecule has 1 aliphatic heterocycles. The van der Waals surface area contributed by atoms with Crippen molar-refractivity contribution in [2.45, 2.75) is 25.0 Å². The third-order valence-electron chi connectivity index (χ3n) is 6.19. The topological polar surface area (TPSA) is 101 Å². The van der Waals surface area contributed by atoms with Crippen molar-refractivity contribution in [1.82, 2.24) is 15.0 Å². The first kappa shape index (κ1) is 23.4. The van der Waals surface area contributed by atoms with Crippen LogP contribution in [0.25, 0.3) is 11.1 Å². The maximum atomic E-state index is 13.5. The van der Waals surface area contributed by atoms with Crippen molar-refractivity contribution in [3.63, 3.8) is 0 Å². The number of benzene rings is 3. The molecule has 0 spiro atoms. The summed E-state index contributed by atoms with van der Waals surface area (Å²) in [6.07, 6.45) is -0.188. The highest BCUT2D eigenvalue weighted by Crippen LogP contribution is 2.32. The van der Waals surface area contributed by atoms with Gasteiger partial charge >= 0.3 is 0 Å². The zero-order valence-corrected chi connectivity index (χ0v) is 19.8. The van der Waals surface area contributed by atoms with Gasteiger partial charge in [0.25, 0.3) is 11.8 Å². The highest BCUT2D eigenvalue weighted by Gasteiger charge is 2.38. The highest BCUT2D eigenvalue weighted by molar-refractivity contribution is 6.00. The maximum Gasteiger partial charge on any atom is 0.255 e. The largest absolute Gasteiger partial charge is 0.399 e. The molecule has 36 heavy (non-hydrogen) atoms. The lowest BCUT2D eigenvalue weighted by Crippen LogP contribution is -2.31. The van der Waals surface area contributed by atoms with Gasteiger partial charge in [-0.25, -0.2) is 0 Å². The fraction of sp³-hybridized carbons (Fsp3) is 0.214. The maximum absolute atomic E-state index is 13.5. The summed E-state index contributed by atoms with van der Waals surface area (Å²) < 4.78 is 5.38. The van der Waals surface area contributed by atoms with Crippen molar-refractivity contribution in [3.8, 4) is 11.1 Å². The van der Waals surface area contributed by atoms with Crippen molar-refractivity contribution in [2.24, 2.45) is 5.16 Å². The van der Waals surface area contributed by atoms with Gasteiger partial charge < -0.3 is 19.4 Å². The molecule has 2 atom stereocenters. The predicted octanol–water partition coefficient (Wildman–Crippen LogP) is 4.60. The Morgan fingerprint density at radius 3 is 2.42 bits per heavy atom. The summed E-state index contributed by atoms with van der Waals surface area (Å²) >= 11 is 0. The molecule has 182 valence electrons. The summed E-state index contributed by atoms with van der Waals surface area (Å²) in [6, 6.07) is 26.6. The van der Waals surface area contributed by atoms with Crippen LogP contribution >= 0.6 is 0 Å². The second-order valence-corrected chi connectivity index (χ2v) is 8.63. The van der Waals surface area contributed by atoms with Gasteiger partial charge in [-0.05, 0) is 28.8 Å². The van der Waals surface area contributed by atoms with Crippen molar-refractivity contribution in [1.29, 1.82) is 0 Å². The molecule has 1 N–H and O–H groups in total. The monoisotopic (exact) mass is 482 g/mol. The van der Waals surface area contributed by atoms with Crippen LogP contribution in [-0.4, -0.2) is 45.4 Å². The molecular weight excluding hydrogens is 456 g/mol. The van der Waals surface area contributed by atoms with Crippen molar-refractivity contribution < 1.29 is 19.3 Å². The van der Waals surface area contributed by atoms with Crippen LogP contribution in [0.5, 0.6) is 0 Å². The second-order valence-electron chi connectivity index (χ2n) is 8.63. The lowest BCUT2D eigenvalue weighted by atomic mass is 10.0. The van der Waals surface area contributed by atoms with E-state index in [1.165, 1.54) is 7.11 Å². The van der Waals surface area contributed by atoms with Crippen LogP contribution in [0, 0.1) is 0 Å². The number of aliphatic hydroxyl groups is 1. The van der Waals surface area contributed by atoms with E-state index in [1.807, 2.05) is 84.9 Å². The van der Waals surface area contributed by atoms with Crippen LogP contribution in [0.4, 0.5) is 0 Å². The summed E-state index contributed by atoms with van der Waals surface area (Å²) in [5.41, 5.74) is 4.32. The first-order valence-corrected chi connectivity index (χ1v) is 11.7. The molecule has 8 heteroatoms. The first-order valence-electron chi connectivity index (χ1n) is 11.7. The molecule has 3 aromatic carbocycles. The molecule has 1 aliphatic rings. The van der Waals surface area contributed by atoms with Gasteiger partial charge in [-0.15, -0.1) is 0 Å². The van der Waals surface area contributed by atoms with E-state index in [9.17, 15) is 9.90 Å². The summed E-state index contributed by atoms with van der Waals surface area (Å²) in [7, 11) is 1.47. The number of carbonyl (C=O) groups is 1. The van der Waals surface area contributed by atoms with Gasteiger partial charge in [-0.2, -0.15) is 4.98 Å². The van der Waals surface area contributed by atoms with E-state index in [2.05, 4.69) is 15.3 Å². The fourth-order valence-electron chi connectivity index (χ4n) is 4.39. The number of carbonyl (C=O) groups excluding carboxylic acids is 1. The van der Waals surface area contributed by atoms with Crippen LogP contribution in [-0.2, 0) is 11.3 Å². The zero-order chi connectivity index (χ0) is 24.9.